The summed E-state index contributed by atoms with van der Waals surface area (Å²) in [5, 5.41) is 8.54. The Morgan fingerprint density at radius 3 is 2.33 bits per heavy atom. The average molecular weight is 411 g/mol. The molecule has 0 amide bonds. The maximum absolute atomic E-state index is 12.8. The van der Waals surface area contributed by atoms with Crippen LogP contribution in [0.4, 0.5) is 4.39 Å². The van der Waals surface area contributed by atoms with E-state index in [4.69, 9.17) is 10.00 Å². The zero-order valence-electron chi connectivity index (χ0n) is 10.8. The van der Waals surface area contributed by atoms with E-state index in [1.54, 1.807) is 18.2 Å². The van der Waals surface area contributed by atoms with Crippen LogP contribution >= 0.6 is 31.9 Å². The Morgan fingerprint density at radius 2 is 1.76 bits per heavy atom. The van der Waals surface area contributed by atoms with Crippen LogP contribution in [0.3, 0.4) is 0 Å². The Labute approximate surface area is 139 Å². The summed E-state index contributed by atoms with van der Waals surface area (Å²) < 4.78 is 20.1. The fraction of sp³-hybridized carbons (Fsp3) is 0.0625. The second kappa shape index (κ2) is 7.39. The third-order valence-corrected chi connectivity index (χ3v) is 3.85. The van der Waals surface area contributed by atoms with Gasteiger partial charge < -0.3 is 4.74 Å². The van der Waals surface area contributed by atoms with Crippen LogP contribution in [0.15, 0.2) is 51.4 Å². The van der Waals surface area contributed by atoms with Gasteiger partial charge in [-0.05, 0) is 73.3 Å². The van der Waals surface area contributed by atoms with E-state index in [-0.39, 0.29) is 5.82 Å². The second-order valence-electron chi connectivity index (χ2n) is 4.19. The number of rotatable bonds is 4. The lowest BCUT2D eigenvalue weighted by atomic mass is 10.2. The predicted molar refractivity (Wildman–Crippen MR) is 87.2 cm³/mol. The average Bonchev–Trinajstić information content (AvgIpc) is 2.46. The molecule has 2 aromatic rings. The van der Waals surface area contributed by atoms with E-state index in [0.29, 0.717) is 12.4 Å². The van der Waals surface area contributed by atoms with Crippen LogP contribution in [0.2, 0.25) is 0 Å². The molecule has 0 aliphatic rings. The number of nitriles is 1. The fourth-order valence-corrected chi connectivity index (χ4v) is 3.13. The number of benzene rings is 2. The molecule has 0 saturated carbocycles. The fourth-order valence-electron chi connectivity index (χ4n) is 1.68. The molecule has 0 N–H and O–H groups in total. The van der Waals surface area contributed by atoms with Gasteiger partial charge in [0.05, 0.1) is 15.0 Å². The van der Waals surface area contributed by atoms with Gasteiger partial charge in [-0.2, -0.15) is 5.26 Å². The highest BCUT2D eigenvalue weighted by Gasteiger charge is 2.08. The van der Waals surface area contributed by atoms with Crippen molar-refractivity contribution in [2.24, 2.45) is 0 Å². The first kappa shape index (κ1) is 15.7. The van der Waals surface area contributed by atoms with Gasteiger partial charge in [0, 0.05) is 6.08 Å². The van der Waals surface area contributed by atoms with Crippen LogP contribution in [0.25, 0.3) is 6.08 Å². The molecule has 0 bridgehead atoms. The first-order chi connectivity index (χ1) is 10.1. The Hall–Kier alpha value is -1.64. The highest BCUT2D eigenvalue weighted by atomic mass is 79.9. The third-order valence-electron chi connectivity index (χ3n) is 2.67. The number of hydrogen-bond donors (Lipinski definition) is 0. The largest absolute Gasteiger partial charge is 0.487 e. The van der Waals surface area contributed by atoms with Crippen LogP contribution in [-0.4, -0.2) is 0 Å². The molecule has 0 fully saturated rings. The summed E-state index contributed by atoms with van der Waals surface area (Å²) >= 11 is 6.89. The molecule has 21 heavy (non-hydrogen) atoms. The van der Waals surface area contributed by atoms with Crippen molar-refractivity contribution in [3.8, 4) is 11.8 Å². The highest BCUT2D eigenvalue weighted by molar-refractivity contribution is 9.11. The van der Waals surface area contributed by atoms with Gasteiger partial charge in [-0.3, -0.25) is 0 Å². The smallest absolute Gasteiger partial charge is 0.148 e. The van der Waals surface area contributed by atoms with Gasteiger partial charge in [0.1, 0.15) is 18.2 Å². The summed E-state index contributed by atoms with van der Waals surface area (Å²) in [6.07, 6.45) is 3.12. The van der Waals surface area contributed by atoms with Crippen LogP contribution in [0.5, 0.6) is 5.75 Å². The maximum atomic E-state index is 12.8. The van der Waals surface area contributed by atoms with Crippen molar-refractivity contribution in [1.29, 1.82) is 5.26 Å². The molecule has 0 aliphatic carbocycles. The Bertz CT molecular complexity index is 682. The van der Waals surface area contributed by atoms with E-state index in [9.17, 15) is 4.39 Å². The zero-order valence-corrected chi connectivity index (χ0v) is 14.0. The lowest BCUT2D eigenvalue weighted by molar-refractivity contribution is 0.302. The van der Waals surface area contributed by atoms with Gasteiger partial charge in [-0.15, -0.1) is 0 Å². The number of allylic oxidation sites excluding steroid dienone is 1. The van der Waals surface area contributed by atoms with Gasteiger partial charge in [0.25, 0.3) is 0 Å². The standard InChI is InChI=1S/C16H10Br2FNO/c17-14-8-12(2-1-7-20)9-15(18)16(14)21-10-11-3-5-13(19)6-4-11/h1-6,8-9H,10H2. The molecule has 0 atom stereocenters. The first-order valence-corrected chi connectivity index (χ1v) is 7.61. The van der Waals surface area contributed by atoms with Crippen LogP contribution in [-0.2, 0) is 6.61 Å². The number of hydrogen-bond acceptors (Lipinski definition) is 2. The molecule has 0 spiro atoms. The number of halogens is 3. The molecule has 5 heteroatoms. The summed E-state index contributed by atoms with van der Waals surface area (Å²) in [5.41, 5.74) is 1.76. The minimum atomic E-state index is -0.269. The number of ether oxygens (including phenoxy) is 1. The summed E-state index contributed by atoms with van der Waals surface area (Å²) in [5.74, 6) is 0.392. The number of nitrogens with zero attached hydrogens (tertiary/aromatic N) is 1. The first-order valence-electron chi connectivity index (χ1n) is 6.02. The lowest BCUT2D eigenvalue weighted by Gasteiger charge is -2.11. The lowest BCUT2D eigenvalue weighted by Crippen LogP contribution is -1.97. The summed E-state index contributed by atoms with van der Waals surface area (Å²) in [4.78, 5) is 0. The molecule has 2 nitrogen and oxygen atoms in total. The summed E-state index contributed by atoms with van der Waals surface area (Å²) in [6, 6.07) is 11.8. The van der Waals surface area contributed by atoms with E-state index in [1.807, 2.05) is 18.2 Å². The van der Waals surface area contributed by atoms with Gasteiger partial charge in [-0.25, -0.2) is 4.39 Å². The molecular weight excluding hydrogens is 401 g/mol. The van der Waals surface area contributed by atoms with Crippen molar-refractivity contribution < 1.29 is 9.13 Å². The van der Waals surface area contributed by atoms with Gasteiger partial charge in [0.15, 0.2) is 0 Å². The van der Waals surface area contributed by atoms with E-state index >= 15 is 0 Å². The topological polar surface area (TPSA) is 33.0 Å². The van der Waals surface area contributed by atoms with Crippen molar-refractivity contribution in [3.63, 3.8) is 0 Å². The van der Waals surface area contributed by atoms with Gasteiger partial charge >= 0.3 is 0 Å². The van der Waals surface area contributed by atoms with E-state index in [0.717, 1.165) is 20.1 Å². The molecular formula is C16H10Br2FNO. The van der Waals surface area contributed by atoms with Crippen molar-refractivity contribution in [2.75, 3.05) is 0 Å². The van der Waals surface area contributed by atoms with E-state index < -0.39 is 0 Å². The van der Waals surface area contributed by atoms with Crippen molar-refractivity contribution in [1.82, 2.24) is 0 Å². The third kappa shape index (κ3) is 4.42. The normalized spacial score (nSPS) is 10.6. The van der Waals surface area contributed by atoms with E-state index in [1.165, 1.54) is 18.2 Å². The van der Waals surface area contributed by atoms with Crippen LogP contribution in [0.1, 0.15) is 11.1 Å². The summed E-state index contributed by atoms with van der Waals surface area (Å²) in [7, 11) is 0. The second-order valence-corrected chi connectivity index (χ2v) is 5.90. The molecule has 2 aromatic carbocycles. The summed E-state index contributed by atoms with van der Waals surface area (Å²) in [6.45, 7) is 0.338. The molecule has 0 aromatic heterocycles. The Morgan fingerprint density at radius 1 is 1.14 bits per heavy atom. The monoisotopic (exact) mass is 409 g/mol. The maximum Gasteiger partial charge on any atom is 0.148 e. The molecule has 0 radical (unpaired) electrons. The molecule has 0 saturated heterocycles. The molecule has 0 unspecified atom stereocenters. The quantitative estimate of drug-likeness (QED) is 0.626. The van der Waals surface area contributed by atoms with Crippen molar-refractivity contribution in [3.05, 3.63) is 68.4 Å². The minimum Gasteiger partial charge on any atom is -0.487 e. The SMILES string of the molecule is N#CC=Cc1cc(Br)c(OCc2ccc(F)cc2)c(Br)c1. The Balaban J connectivity index is 2.15. The minimum absolute atomic E-state index is 0.269. The Kier molecular flexibility index (Phi) is 5.54. The zero-order chi connectivity index (χ0) is 15.2. The van der Waals surface area contributed by atoms with Crippen LogP contribution < -0.4 is 4.74 Å². The molecule has 0 aliphatic heterocycles. The van der Waals surface area contributed by atoms with Gasteiger partial charge in [-0.1, -0.05) is 12.1 Å². The van der Waals surface area contributed by atoms with Crippen molar-refractivity contribution >= 4 is 37.9 Å². The van der Waals surface area contributed by atoms with Crippen LogP contribution in [0, 0.1) is 17.1 Å². The van der Waals surface area contributed by atoms with E-state index in [2.05, 4.69) is 31.9 Å². The predicted octanol–water partition coefficient (Wildman–Crippen LogP) is 5.47. The van der Waals surface area contributed by atoms with Gasteiger partial charge in [0.2, 0.25) is 0 Å². The highest BCUT2D eigenvalue weighted by Crippen LogP contribution is 2.35. The molecule has 106 valence electrons. The van der Waals surface area contributed by atoms with Crippen molar-refractivity contribution in [2.45, 2.75) is 6.61 Å². The molecule has 2 rings (SSSR count). The molecule has 0 heterocycles.